The number of benzene rings is 1. The van der Waals surface area contributed by atoms with Crippen molar-refractivity contribution >= 4 is 11.6 Å². The van der Waals surface area contributed by atoms with Crippen molar-refractivity contribution in [3.63, 3.8) is 0 Å². The molecule has 0 unspecified atom stereocenters. The standard InChI is InChI=1S/C17H24ClNO3/c1-20-16-10-12(9-13(18)17(16)21-2)11-19-7-8-22-15-6-4-3-5-14(15)19/h9-10,14-15H,3-8,11H2,1-2H3/t14-,15-/m1/s1. The lowest BCUT2D eigenvalue weighted by Gasteiger charge is -2.44. The van der Waals surface area contributed by atoms with E-state index in [4.69, 9.17) is 25.8 Å². The molecule has 5 heteroatoms. The Balaban J connectivity index is 1.78. The summed E-state index contributed by atoms with van der Waals surface area (Å²) in [4.78, 5) is 2.53. The molecule has 0 bridgehead atoms. The van der Waals surface area contributed by atoms with Gasteiger partial charge in [0.1, 0.15) is 0 Å². The molecular weight excluding hydrogens is 302 g/mol. The molecule has 1 aliphatic heterocycles. The summed E-state index contributed by atoms with van der Waals surface area (Å²) in [5.74, 6) is 1.30. The van der Waals surface area contributed by atoms with Gasteiger partial charge in [-0.3, -0.25) is 4.90 Å². The monoisotopic (exact) mass is 325 g/mol. The normalized spacial score (nSPS) is 25.6. The first-order valence-electron chi connectivity index (χ1n) is 7.99. The second-order valence-corrected chi connectivity index (χ2v) is 6.45. The zero-order valence-electron chi connectivity index (χ0n) is 13.3. The van der Waals surface area contributed by atoms with Crippen LogP contribution in [0.2, 0.25) is 5.02 Å². The minimum atomic E-state index is 0.401. The number of methoxy groups -OCH3 is 2. The van der Waals surface area contributed by atoms with Crippen molar-refractivity contribution in [1.82, 2.24) is 4.90 Å². The van der Waals surface area contributed by atoms with Crippen LogP contribution in [-0.2, 0) is 11.3 Å². The van der Waals surface area contributed by atoms with E-state index in [-0.39, 0.29) is 0 Å². The molecule has 0 N–H and O–H groups in total. The maximum absolute atomic E-state index is 6.32. The summed E-state index contributed by atoms with van der Waals surface area (Å²) in [6, 6.07) is 4.54. The molecule has 1 heterocycles. The third-order valence-corrected chi connectivity index (χ3v) is 5.01. The van der Waals surface area contributed by atoms with E-state index in [1.54, 1.807) is 14.2 Å². The molecule has 1 saturated heterocycles. The van der Waals surface area contributed by atoms with Gasteiger partial charge in [-0.15, -0.1) is 0 Å². The van der Waals surface area contributed by atoms with Gasteiger partial charge in [-0.2, -0.15) is 0 Å². The van der Waals surface area contributed by atoms with Gasteiger partial charge in [0.25, 0.3) is 0 Å². The van der Waals surface area contributed by atoms with E-state index in [2.05, 4.69) is 4.90 Å². The van der Waals surface area contributed by atoms with Crippen LogP contribution in [0.1, 0.15) is 31.2 Å². The zero-order chi connectivity index (χ0) is 15.5. The van der Waals surface area contributed by atoms with Gasteiger partial charge in [0.2, 0.25) is 0 Å². The third kappa shape index (κ3) is 3.19. The number of rotatable bonds is 4. The van der Waals surface area contributed by atoms with Gasteiger partial charge in [-0.05, 0) is 30.5 Å². The van der Waals surface area contributed by atoms with Crippen LogP contribution in [0.3, 0.4) is 0 Å². The van der Waals surface area contributed by atoms with E-state index in [1.807, 2.05) is 12.1 Å². The fourth-order valence-electron chi connectivity index (χ4n) is 3.67. The summed E-state index contributed by atoms with van der Waals surface area (Å²) in [6.45, 7) is 2.68. The van der Waals surface area contributed by atoms with Crippen LogP contribution in [0.25, 0.3) is 0 Å². The molecule has 122 valence electrons. The Labute approximate surface area is 137 Å². The first-order chi connectivity index (χ1) is 10.7. The molecule has 2 aliphatic rings. The Morgan fingerprint density at radius 3 is 2.82 bits per heavy atom. The Morgan fingerprint density at radius 2 is 2.05 bits per heavy atom. The van der Waals surface area contributed by atoms with Crippen LogP contribution in [0.15, 0.2) is 12.1 Å². The number of hydrogen-bond donors (Lipinski definition) is 0. The highest BCUT2D eigenvalue weighted by atomic mass is 35.5. The summed E-state index contributed by atoms with van der Waals surface area (Å²) < 4.78 is 16.7. The molecular formula is C17H24ClNO3. The van der Waals surface area contributed by atoms with E-state index < -0.39 is 0 Å². The van der Waals surface area contributed by atoms with Crippen molar-refractivity contribution in [2.75, 3.05) is 27.4 Å². The van der Waals surface area contributed by atoms with E-state index >= 15 is 0 Å². The Bertz CT molecular complexity index is 521. The summed E-state index contributed by atoms with van der Waals surface area (Å²) in [5.41, 5.74) is 1.16. The van der Waals surface area contributed by atoms with Crippen LogP contribution in [0.4, 0.5) is 0 Å². The fraction of sp³-hybridized carbons (Fsp3) is 0.647. The molecule has 1 aromatic carbocycles. The number of fused-ring (bicyclic) bond motifs is 1. The van der Waals surface area contributed by atoms with Gasteiger partial charge < -0.3 is 14.2 Å². The van der Waals surface area contributed by atoms with Crippen LogP contribution in [0.5, 0.6) is 11.5 Å². The maximum atomic E-state index is 6.32. The Hall–Kier alpha value is -0.970. The topological polar surface area (TPSA) is 30.9 Å². The first kappa shape index (κ1) is 15.9. The lowest BCUT2D eigenvalue weighted by Crippen LogP contribution is -2.52. The molecule has 0 aromatic heterocycles. The van der Waals surface area contributed by atoms with Crippen molar-refractivity contribution in [2.45, 2.75) is 44.4 Å². The van der Waals surface area contributed by atoms with Crippen molar-refractivity contribution in [2.24, 2.45) is 0 Å². The van der Waals surface area contributed by atoms with Gasteiger partial charge in [0.05, 0.1) is 32.0 Å². The molecule has 0 radical (unpaired) electrons. The molecule has 22 heavy (non-hydrogen) atoms. The van der Waals surface area contributed by atoms with Crippen LogP contribution in [-0.4, -0.2) is 44.4 Å². The fourth-order valence-corrected chi connectivity index (χ4v) is 3.98. The highest BCUT2D eigenvalue weighted by molar-refractivity contribution is 6.32. The molecule has 0 spiro atoms. The molecule has 2 fully saturated rings. The number of morpholine rings is 1. The van der Waals surface area contributed by atoms with Gasteiger partial charge >= 0.3 is 0 Å². The number of ether oxygens (including phenoxy) is 3. The largest absolute Gasteiger partial charge is 0.493 e. The van der Waals surface area contributed by atoms with Gasteiger partial charge in [0.15, 0.2) is 11.5 Å². The van der Waals surface area contributed by atoms with Gasteiger partial charge in [0, 0.05) is 19.1 Å². The van der Waals surface area contributed by atoms with Crippen molar-refractivity contribution in [3.8, 4) is 11.5 Å². The third-order valence-electron chi connectivity index (χ3n) is 4.73. The number of halogens is 1. The van der Waals surface area contributed by atoms with E-state index in [1.165, 1.54) is 25.7 Å². The minimum absolute atomic E-state index is 0.401. The summed E-state index contributed by atoms with van der Waals surface area (Å²) in [6.07, 6.45) is 5.41. The first-order valence-corrected chi connectivity index (χ1v) is 8.36. The lowest BCUT2D eigenvalue weighted by molar-refractivity contribution is -0.0911. The van der Waals surface area contributed by atoms with Crippen LogP contribution in [0, 0.1) is 0 Å². The number of nitrogens with zero attached hydrogens (tertiary/aromatic N) is 1. The zero-order valence-corrected chi connectivity index (χ0v) is 14.1. The highest BCUT2D eigenvalue weighted by Gasteiger charge is 2.34. The second-order valence-electron chi connectivity index (χ2n) is 6.04. The predicted octanol–water partition coefficient (Wildman–Crippen LogP) is 3.50. The lowest BCUT2D eigenvalue weighted by atomic mass is 9.90. The molecule has 1 aliphatic carbocycles. The Kier molecular flexibility index (Phi) is 5.11. The van der Waals surface area contributed by atoms with Crippen molar-refractivity contribution in [3.05, 3.63) is 22.7 Å². The molecule has 0 amide bonds. The van der Waals surface area contributed by atoms with E-state index in [0.717, 1.165) is 25.3 Å². The highest BCUT2D eigenvalue weighted by Crippen LogP contribution is 2.37. The van der Waals surface area contributed by atoms with E-state index in [0.29, 0.717) is 28.7 Å². The number of hydrogen-bond acceptors (Lipinski definition) is 4. The summed E-state index contributed by atoms with van der Waals surface area (Å²) >= 11 is 6.32. The Morgan fingerprint density at radius 1 is 1.23 bits per heavy atom. The molecule has 4 nitrogen and oxygen atoms in total. The molecule has 1 saturated carbocycles. The van der Waals surface area contributed by atoms with Crippen LogP contribution < -0.4 is 9.47 Å². The summed E-state index contributed by atoms with van der Waals surface area (Å²) in [7, 11) is 3.25. The van der Waals surface area contributed by atoms with Crippen molar-refractivity contribution < 1.29 is 14.2 Å². The average Bonchev–Trinajstić information content (AvgIpc) is 2.54. The van der Waals surface area contributed by atoms with E-state index in [9.17, 15) is 0 Å². The molecule has 1 aromatic rings. The smallest absolute Gasteiger partial charge is 0.179 e. The minimum Gasteiger partial charge on any atom is -0.493 e. The molecule has 2 atom stereocenters. The van der Waals surface area contributed by atoms with Crippen LogP contribution >= 0.6 is 11.6 Å². The van der Waals surface area contributed by atoms with Gasteiger partial charge in [-0.1, -0.05) is 24.4 Å². The molecule has 3 rings (SSSR count). The maximum Gasteiger partial charge on any atom is 0.179 e. The SMILES string of the molecule is COc1cc(CN2CCO[C@@H]3CCCC[C@H]32)cc(Cl)c1OC. The quantitative estimate of drug-likeness (QED) is 0.847. The van der Waals surface area contributed by atoms with Gasteiger partial charge in [-0.25, -0.2) is 0 Å². The predicted molar refractivity (Wildman–Crippen MR) is 87.0 cm³/mol. The van der Waals surface area contributed by atoms with Crippen molar-refractivity contribution in [1.29, 1.82) is 0 Å². The average molecular weight is 326 g/mol. The summed E-state index contributed by atoms with van der Waals surface area (Å²) in [5, 5.41) is 0.602. The second kappa shape index (κ2) is 7.07.